The fourth-order valence-corrected chi connectivity index (χ4v) is 1.47. The van der Waals surface area contributed by atoms with Gasteiger partial charge in [-0.15, -0.1) is 0 Å². The molecule has 3 N–H and O–H groups in total. The number of methoxy groups -OCH3 is 1. The molecule has 0 aromatic carbocycles. The lowest BCUT2D eigenvalue weighted by Crippen LogP contribution is -2.34. The molecular formula is C12H26N2O2. The Morgan fingerprint density at radius 3 is 2.62 bits per heavy atom. The smallest absolute Gasteiger partial charge is 0.220 e. The highest BCUT2D eigenvalue weighted by molar-refractivity contribution is 5.75. The van der Waals surface area contributed by atoms with E-state index in [9.17, 15) is 4.79 Å². The molecule has 0 bridgehead atoms. The minimum absolute atomic E-state index is 0.109. The number of amides is 1. The summed E-state index contributed by atoms with van der Waals surface area (Å²) in [7, 11) is 1.65. The number of hydrogen-bond donors (Lipinski definition) is 2. The zero-order chi connectivity index (χ0) is 12.4. The van der Waals surface area contributed by atoms with Crippen molar-refractivity contribution in [1.82, 2.24) is 5.32 Å². The van der Waals surface area contributed by atoms with Crippen molar-refractivity contribution in [1.29, 1.82) is 0 Å². The monoisotopic (exact) mass is 230 g/mol. The molecule has 0 aliphatic rings. The lowest BCUT2D eigenvalue weighted by atomic mass is 9.88. The first-order valence-electron chi connectivity index (χ1n) is 5.97. The summed E-state index contributed by atoms with van der Waals surface area (Å²) in [4.78, 5) is 11.4. The second kappa shape index (κ2) is 8.53. The molecule has 0 atom stereocenters. The molecule has 0 fully saturated rings. The number of ether oxygens (including phenoxy) is 1. The molecule has 0 unspecified atom stereocenters. The molecule has 96 valence electrons. The highest BCUT2D eigenvalue weighted by Gasteiger charge is 2.17. The third kappa shape index (κ3) is 8.68. The van der Waals surface area contributed by atoms with Crippen LogP contribution < -0.4 is 11.1 Å². The molecule has 0 heterocycles. The first kappa shape index (κ1) is 15.4. The van der Waals surface area contributed by atoms with E-state index in [0.717, 1.165) is 25.8 Å². The van der Waals surface area contributed by atoms with Gasteiger partial charge < -0.3 is 15.8 Å². The van der Waals surface area contributed by atoms with Gasteiger partial charge in [0.25, 0.3) is 0 Å². The molecule has 0 saturated heterocycles. The Balaban J connectivity index is 3.64. The first-order valence-corrected chi connectivity index (χ1v) is 5.97. The molecule has 0 aliphatic carbocycles. The summed E-state index contributed by atoms with van der Waals surface area (Å²) in [5, 5.41) is 2.96. The minimum Gasteiger partial charge on any atom is -0.385 e. The molecule has 1 amide bonds. The molecule has 0 aliphatic heterocycles. The highest BCUT2D eigenvalue weighted by Crippen LogP contribution is 2.20. The average molecular weight is 230 g/mol. The summed E-state index contributed by atoms with van der Waals surface area (Å²) in [5.74, 6) is 0.109. The van der Waals surface area contributed by atoms with Crippen LogP contribution in [0.15, 0.2) is 0 Å². The van der Waals surface area contributed by atoms with Crippen LogP contribution in [0.1, 0.15) is 39.5 Å². The lowest BCUT2D eigenvalue weighted by Gasteiger charge is -2.24. The maximum absolute atomic E-state index is 11.4. The standard InChI is InChI=1S/C12H26N2O2/c1-12(2,7-5-8-13)10-14-11(15)6-4-9-16-3/h4-10,13H2,1-3H3,(H,14,15). The van der Waals surface area contributed by atoms with Gasteiger partial charge in [0.05, 0.1) is 0 Å². The predicted molar refractivity (Wildman–Crippen MR) is 66.2 cm³/mol. The Morgan fingerprint density at radius 1 is 1.38 bits per heavy atom. The van der Waals surface area contributed by atoms with Gasteiger partial charge in [0, 0.05) is 26.7 Å². The van der Waals surface area contributed by atoms with Gasteiger partial charge in [0.1, 0.15) is 0 Å². The van der Waals surface area contributed by atoms with Crippen molar-refractivity contribution >= 4 is 5.91 Å². The van der Waals surface area contributed by atoms with Crippen molar-refractivity contribution in [2.24, 2.45) is 11.1 Å². The van der Waals surface area contributed by atoms with Crippen LogP contribution in [0.2, 0.25) is 0 Å². The molecule has 4 heteroatoms. The molecule has 0 saturated carbocycles. The summed E-state index contributed by atoms with van der Waals surface area (Å²) in [6.45, 7) is 6.38. The maximum Gasteiger partial charge on any atom is 0.220 e. The van der Waals surface area contributed by atoms with Crippen LogP contribution in [0.5, 0.6) is 0 Å². The van der Waals surface area contributed by atoms with Gasteiger partial charge in [-0.3, -0.25) is 4.79 Å². The van der Waals surface area contributed by atoms with Gasteiger partial charge in [0.2, 0.25) is 5.91 Å². The predicted octanol–water partition coefficient (Wildman–Crippen LogP) is 1.29. The molecule has 0 rings (SSSR count). The Bertz CT molecular complexity index is 193. The minimum atomic E-state index is 0.109. The summed E-state index contributed by atoms with van der Waals surface area (Å²) >= 11 is 0. The maximum atomic E-state index is 11.4. The van der Waals surface area contributed by atoms with Gasteiger partial charge in [-0.1, -0.05) is 13.8 Å². The summed E-state index contributed by atoms with van der Waals surface area (Å²) in [6, 6.07) is 0. The van der Waals surface area contributed by atoms with Crippen LogP contribution in [0, 0.1) is 5.41 Å². The molecule has 16 heavy (non-hydrogen) atoms. The van der Waals surface area contributed by atoms with E-state index in [4.69, 9.17) is 10.5 Å². The summed E-state index contributed by atoms with van der Waals surface area (Å²) < 4.78 is 4.90. The molecular weight excluding hydrogens is 204 g/mol. The van der Waals surface area contributed by atoms with Crippen molar-refractivity contribution in [2.75, 3.05) is 26.8 Å². The zero-order valence-electron chi connectivity index (χ0n) is 10.8. The van der Waals surface area contributed by atoms with E-state index in [1.807, 2.05) is 0 Å². The molecule has 0 aromatic heterocycles. The van der Waals surface area contributed by atoms with E-state index in [1.54, 1.807) is 7.11 Å². The molecule has 0 spiro atoms. The number of rotatable bonds is 9. The van der Waals surface area contributed by atoms with E-state index in [-0.39, 0.29) is 11.3 Å². The summed E-state index contributed by atoms with van der Waals surface area (Å²) in [6.07, 6.45) is 3.38. The van der Waals surface area contributed by atoms with Crippen LogP contribution in [-0.4, -0.2) is 32.7 Å². The van der Waals surface area contributed by atoms with Crippen LogP contribution in [0.25, 0.3) is 0 Å². The van der Waals surface area contributed by atoms with Gasteiger partial charge in [-0.05, 0) is 31.2 Å². The van der Waals surface area contributed by atoms with Gasteiger partial charge in [0.15, 0.2) is 0 Å². The Morgan fingerprint density at radius 2 is 2.06 bits per heavy atom. The zero-order valence-corrected chi connectivity index (χ0v) is 10.8. The SMILES string of the molecule is COCCCC(=O)NCC(C)(C)CCCN. The molecule has 0 radical (unpaired) electrons. The Kier molecular flexibility index (Phi) is 8.21. The van der Waals surface area contributed by atoms with Crippen molar-refractivity contribution in [3.63, 3.8) is 0 Å². The number of carbonyl (C=O) groups excluding carboxylic acids is 1. The first-order chi connectivity index (χ1) is 7.52. The third-order valence-corrected chi connectivity index (χ3v) is 2.57. The van der Waals surface area contributed by atoms with Crippen molar-refractivity contribution in [3.05, 3.63) is 0 Å². The average Bonchev–Trinajstić information content (AvgIpc) is 2.24. The normalized spacial score (nSPS) is 11.5. The second-order valence-electron chi connectivity index (χ2n) is 4.93. The van der Waals surface area contributed by atoms with E-state index in [2.05, 4.69) is 19.2 Å². The van der Waals surface area contributed by atoms with E-state index < -0.39 is 0 Å². The van der Waals surface area contributed by atoms with Gasteiger partial charge in [-0.2, -0.15) is 0 Å². The van der Waals surface area contributed by atoms with Crippen LogP contribution >= 0.6 is 0 Å². The number of nitrogens with one attached hydrogen (secondary N) is 1. The number of hydrogen-bond acceptors (Lipinski definition) is 3. The third-order valence-electron chi connectivity index (χ3n) is 2.57. The van der Waals surface area contributed by atoms with Crippen LogP contribution in [0.4, 0.5) is 0 Å². The fraction of sp³-hybridized carbons (Fsp3) is 0.917. The van der Waals surface area contributed by atoms with Crippen molar-refractivity contribution < 1.29 is 9.53 Å². The van der Waals surface area contributed by atoms with Crippen molar-refractivity contribution in [3.8, 4) is 0 Å². The van der Waals surface area contributed by atoms with Gasteiger partial charge >= 0.3 is 0 Å². The Labute approximate surface area is 98.9 Å². The molecule has 0 aromatic rings. The molecule has 4 nitrogen and oxygen atoms in total. The summed E-state index contributed by atoms with van der Waals surface area (Å²) in [5.41, 5.74) is 5.61. The largest absolute Gasteiger partial charge is 0.385 e. The number of nitrogens with two attached hydrogens (primary N) is 1. The lowest BCUT2D eigenvalue weighted by molar-refractivity contribution is -0.121. The fourth-order valence-electron chi connectivity index (χ4n) is 1.47. The van der Waals surface area contributed by atoms with Crippen LogP contribution in [-0.2, 0) is 9.53 Å². The topological polar surface area (TPSA) is 64.3 Å². The van der Waals surface area contributed by atoms with Gasteiger partial charge in [-0.25, -0.2) is 0 Å². The second-order valence-corrected chi connectivity index (χ2v) is 4.93. The van der Waals surface area contributed by atoms with E-state index >= 15 is 0 Å². The Hall–Kier alpha value is -0.610. The van der Waals surface area contributed by atoms with E-state index in [1.165, 1.54) is 0 Å². The van der Waals surface area contributed by atoms with Crippen molar-refractivity contribution in [2.45, 2.75) is 39.5 Å². The van der Waals surface area contributed by atoms with Crippen LogP contribution in [0.3, 0.4) is 0 Å². The quantitative estimate of drug-likeness (QED) is 0.587. The van der Waals surface area contributed by atoms with E-state index in [0.29, 0.717) is 19.6 Å². The highest BCUT2D eigenvalue weighted by atomic mass is 16.5. The number of carbonyl (C=O) groups is 1.